The minimum atomic E-state index is -0.348. The molecule has 1 N–H and O–H groups in total. The zero-order valence-electron chi connectivity index (χ0n) is 16.9. The molecule has 2 amide bonds. The van der Waals surface area contributed by atoms with E-state index in [1.54, 1.807) is 43.3 Å². The molecule has 1 aromatic carbocycles. The molecule has 156 valence electrons. The van der Waals surface area contributed by atoms with Crippen LogP contribution >= 0.6 is 0 Å². The molecule has 30 heavy (non-hydrogen) atoms. The minimum Gasteiger partial charge on any atom is -0.357 e. The Kier molecular flexibility index (Phi) is 6.56. The van der Waals surface area contributed by atoms with Crippen LogP contribution in [-0.4, -0.2) is 60.1 Å². The van der Waals surface area contributed by atoms with Crippen LogP contribution in [0.15, 0.2) is 53.9 Å². The topological polar surface area (TPSA) is 82.6 Å². The third-order valence-corrected chi connectivity index (χ3v) is 4.75. The summed E-state index contributed by atoms with van der Waals surface area (Å²) in [6, 6.07) is 9.47. The third-order valence-electron chi connectivity index (χ3n) is 4.75. The molecule has 2 aromatic rings. The smallest absolute Gasteiger partial charge is 0.270 e. The van der Waals surface area contributed by atoms with Gasteiger partial charge in [0.25, 0.3) is 5.91 Å². The molecule has 0 saturated carbocycles. The highest BCUT2D eigenvalue weighted by Gasteiger charge is 2.28. The highest BCUT2D eigenvalue weighted by molar-refractivity contribution is 6.00. The maximum absolute atomic E-state index is 13.4. The number of carbonyl (C=O) groups is 3. The number of pyridine rings is 1. The summed E-state index contributed by atoms with van der Waals surface area (Å²) in [5, 5.41) is 2.75. The summed E-state index contributed by atoms with van der Waals surface area (Å²) in [5.74, 6) is -0.976. The van der Waals surface area contributed by atoms with Gasteiger partial charge in [-0.05, 0) is 37.1 Å². The number of rotatable bonds is 6. The van der Waals surface area contributed by atoms with Gasteiger partial charge in [0.05, 0.1) is 24.1 Å². The van der Waals surface area contributed by atoms with Gasteiger partial charge in [-0.25, -0.2) is 4.39 Å². The quantitative estimate of drug-likeness (QED) is 0.740. The van der Waals surface area contributed by atoms with Crippen LogP contribution < -0.4 is 5.32 Å². The number of carbonyl (C=O) groups excluding carboxylic acids is 3. The molecule has 0 fully saturated rings. The van der Waals surface area contributed by atoms with Crippen LogP contribution in [0.5, 0.6) is 0 Å². The summed E-state index contributed by atoms with van der Waals surface area (Å²) in [6.45, 7) is 0.453. The first-order valence-electron chi connectivity index (χ1n) is 9.56. The van der Waals surface area contributed by atoms with Gasteiger partial charge in [-0.2, -0.15) is 0 Å². The van der Waals surface area contributed by atoms with Crippen LogP contribution in [0.25, 0.3) is 11.3 Å². The monoisotopic (exact) mass is 410 g/mol. The number of benzene rings is 1. The SMILES string of the molecule is CN(C)C(=O)C1=C(C=O)CCCN1CC(=O)Nc1ccc(-c2cccc(F)c2)nc1. The highest BCUT2D eigenvalue weighted by atomic mass is 19.1. The van der Waals surface area contributed by atoms with Gasteiger partial charge in [-0.3, -0.25) is 19.4 Å². The molecule has 0 spiro atoms. The number of halogens is 1. The number of amides is 2. The first kappa shape index (κ1) is 21.2. The van der Waals surface area contributed by atoms with E-state index in [1.165, 1.54) is 23.2 Å². The number of allylic oxidation sites excluding steroid dienone is 1. The average Bonchev–Trinajstić information content (AvgIpc) is 2.73. The lowest BCUT2D eigenvalue weighted by Crippen LogP contribution is -2.42. The van der Waals surface area contributed by atoms with E-state index in [0.29, 0.717) is 48.2 Å². The first-order chi connectivity index (χ1) is 14.4. The standard InChI is InChI=1S/C22H23FN4O3/c1-26(2)22(30)21-16(14-28)6-4-10-27(21)13-20(29)25-18-8-9-19(24-12-18)15-5-3-7-17(23)11-15/h3,5,7-9,11-12,14H,4,6,10,13H2,1-2H3,(H,25,29). The Morgan fingerprint density at radius 1 is 1.27 bits per heavy atom. The third kappa shape index (κ3) is 4.89. The zero-order valence-corrected chi connectivity index (χ0v) is 16.9. The Hall–Kier alpha value is -3.55. The Bertz CT molecular complexity index is 986. The zero-order chi connectivity index (χ0) is 21.7. The molecule has 0 saturated heterocycles. The molecular formula is C22H23FN4O3. The predicted octanol–water partition coefficient (Wildman–Crippen LogP) is 2.46. The Morgan fingerprint density at radius 2 is 2.07 bits per heavy atom. The second-order valence-electron chi connectivity index (χ2n) is 7.21. The van der Waals surface area contributed by atoms with Crippen molar-refractivity contribution in [3.63, 3.8) is 0 Å². The highest BCUT2D eigenvalue weighted by Crippen LogP contribution is 2.23. The van der Waals surface area contributed by atoms with Crippen molar-refractivity contribution >= 4 is 23.8 Å². The molecular weight excluding hydrogens is 387 g/mol. The fraction of sp³-hybridized carbons (Fsp3) is 0.273. The van der Waals surface area contributed by atoms with E-state index >= 15 is 0 Å². The number of nitrogens with one attached hydrogen (secondary N) is 1. The van der Waals surface area contributed by atoms with Crippen molar-refractivity contribution < 1.29 is 18.8 Å². The molecule has 1 aliphatic rings. The molecule has 0 unspecified atom stereocenters. The average molecular weight is 410 g/mol. The summed E-state index contributed by atoms with van der Waals surface area (Å²) >= 11 is 0. The summed E-state index contributed by atoms with van der Waals surface area (Å²) in [5.41, 5.74) is 2.39. The maximum atomic E-state index is 13.4. The second kappa shape index (κ2) is 9.30. The van der Waals surface area contributed by atoms with Crippen LogP contribution in [0.2, 0.25) is 0 Å². The number of hydrogen-bond donors (Lipinski definition) is 1. The lowest BCUT2D eigenvalue weighted by Gasteiger charge is -2.32. The van der Waals surface area contributed by atoms with Gasteiger partial charge in [0, 0.05) is 31.8 Å². The van der Waals surface area contributed by atoms with E-state index in [9.17, 15) is 18.8 Å². The Labute approximate surface area is 174 Å². The molecule has 0 radical (unpaired) electrons. The van der Waals surface area contributed by atoms with Gasteiger partial charge in [-0.1, -0.05) is 12.1 Å². The lowest BCUT2D eigenvalue weighted by molar-refractivity contribution is -0.127. The van der Waals surface area contributed by atoms with Gasteiger partial charge in [0.1, 0.15) is 17.8 Å². The van der Waals surface area contributed by atoms with Gasteiger partial charge in [0.15, 0.2) is 0 Å². The van der Waals surface area contributed by atoms with Crippen molar-refractivity contribution in [1.82, 2.24) is 14.8 Å². The fourth-order valence-corrected chi connectivity index (χ4v) is 3.31. The van der Waals surface area contributed by atoms with E-state index in [1.807, 2.05) is 0 Å². The number of aldehydes is 1. The van der Waals surface area contributed by atoms with Crippen LogP contribution in [0, 0.1) is 5.82 Å². The number of nitrogens with zero attached hydrogens (tertiary/aromatic N) is 3. The largest absolute Gasteiger partial charge is 0.357 e. The second-order valence-corrected chi connectivity index (χ2v) is 7.21. The van der Waals surface area contributed by atoms with E-state index in [4.69, 9.17) is 0 Å². The molecule has 8 heteroatoms. The normalized spacial score (nSPS) is 13.8. The molecule has 2 heterocycles. The summed E-state index contributed by atoms with van der Waals surface area (Å²) in [6.07, 6.45) is 3.39. The molecule has 7 nitrogen and oxygen atoms in total. The maximum Gasteiger partial charge on any atom is 0.270 e. The predicted molar refractivity (Wildman–Crippen MR) is 111 cm³/mol. The van der Waals surface area contributed by atoms with E-state index < -0.39 is 0 Å². The van der Waals surface area contributed by atoms with Gasteiger partial charge < -0.3 is 15.1 Å². The number of hydrogen-bond acceptors (Lipinski definition) is 5. The van der Waals surface area contributed by atoms with Crippen LogP contribution in [0.3, 0.4) is 0 Å². The minimum absolute atomic E-state index is 0.0576. The van der Waals surface area contributed by atoms with Crippen molar-refractivity contribution in [2.75, 3.05) is 32.5 Å². The summed E-state index contributed by atoms with van der Waals surface area (Å²) < 4.78 is 13.4. The number of anilines is 1. The molecule has 0 aliphatic carbocycles. The van der Waals surface area contributed by atoms with Crippen molar-refractivity contribution in [3.8, 4) is 11.3 Å². The Morgan fingerprint density at radius 3 is 2.70 bits per heavy atom. The lowest BCUT2D eigenvalue weighted by atomic mass is 10.0. The van der Waals surface area contributed by atoms with Crippen molar-refractivity contribution in [2.24, 2.45) is 0 Å². The van der Waals surface area contributed by atoms with Crippen molar-refractivity contribution in [2.45, 2.75) is 12.8 Å². The van der Waals surface area contributed by atoms with Crippen LogP contribution in [-0.2, 0) is 14.4 Å². The van der Waals surface area contributed by atoms with E-state index in [2.05, 4.69) is 10.3 Å². The van der Waals surface area contributed by atoms with Crippen molar-refractivity contribution in [1.29, 1.82) is 0 Å². The number of likely N-dealkylation sites (N-methyl/N-ethyl adjacent to an activating group) is 1. The van der Waals surface area contributed by atoms with Crippen molar-refractivity contribution in [3.05, 3.63) is 59.7 Å². The fourth-order valence-electron chi connectivity index (χ4n) is 3.31. The molecule has 0 bridgehead atoms. The summed E-state index contributed by atoms with van der Waals surface area (Å²) in [4.78, 5) is 43.8. The van der Waals surface area contributed by atoms with Gasteiger partial charge in [0.2, 0.25) is 5.91 Å². The summed E-state index contributed by atoms with van der Waals surface area (Å²) in [7, 11) is 3.22. The van der Waals surface area contributed by atoms with E-state index in [-0.39, 0.29) is 29.9 Å². The van der Waals surface area contributed by atoms with Gasteiger partial charge >= 0.3 is 0 Å². The van der Waals surface area contributed by atoms with Gasteiger partial charge in [-0.15, -0.1) is 0 Å². The molecule has 1 aromatic heterocycles. The molecule has 1 aliphatic heterocycles. The van der Waals surface area contributed by atoms with Crippen LogP contribution in [0.4, 0.5) is 10.1 Å². The Balaban J connectivity index is 1.70. The first-order valence-corrected chi connectivity index (χ1v) is 9.56. The molecule has 0 atom stereocenters. The van der Waals surface area contributed by atoms with Crippen LogP contribution in [0.1, 0.15) is 12.8 Å². The molecule has 3 rings (SSSR count). The van der Waals surface area contributed by atoms with E-state index in [0.717, 1.165) is 0 Å². The number of aromatic nitrogens is 1.